The van der Waals surface area contributed by atoms with Crippen molar-refractivity contribution < 1.29 is 42.7 Å². The number of aliphatic hydroxyl groups excluding tert-OH is 1. The van der Waals surface area contributed by atoms with Crippen LogP contribution in [0.4, 0.5) is 0 Å². The molecular weight excluding hydrogens is 753 g/mol. The Balaban J connectivity index is 4.42. The minimum Gasteiger partial charge on any atom is -0.462 e. The van der Waals surface area contributed by atoms with Crippen molar-refractivity contribution in [3.63, 3.8) is 0 Å². The molecule has 3 atom stereocenters. The van der Waals surface area contributed by atoms with Gasteiger partial charge in [-0.05, 0) is 89.9 Å². The quantitative estimate of drug-likeness (QED) is 0.0181. The van der Waals surface area contributed by atoms with Crippen molar-refractivity contribution in [1.82, 2.24) is 0 Å². The first-order chi connectivity index (χ1) is 28.2. The van der Waals surface area contributed by atoms with Gasteiger partial charge in [-0.3, -0.25) is 18.6 Å². The average Bonchev–Trinajstić information content (AvgIpc) is 3.21. The maximum absolute atomic E-state index is 12.6. The number of carbonyl (C=O) groups excluding carboxylic acids is 2. The minimum absolute atomic E-state index is 0.0232. The van der Waals surface area contributed by atoms with Gasteiger partial charge in [-0.1, -0.05) is 142 Å². The Kier molecular flexibility index (Phi) is 38.9. The lowest BCUT2D eigenvalue weighted by molar-refractivity contribution is -0.161. The fraction of sp³-hybridized carbons (Fsp3) is 0.532. The van der Waals surface area contributed by atoms with E-state index in [1.165, 1.54) is 0 Å². The van der Waals surface area contributed by atoms with E-state index in [1.54, 1.807) is 6.08 Å². The zero-order valence-corrected chi connectivity index (χ0v) is 36.2. The van der Waals surface area contributed by atoms with Crippen molar-refractivity contribution in [3.05, 3.63) is 122 Å². The molecule has 0 aliphatic rings. The third kappa shape index (κ3) is 40.6. The van der Waals surface area contributed by atoms with Gasteiger partial charge < -0.3 is 25.2 Å². The fourth-order valence-electron chi connectivity index (χ4n) is 4.84. The van der Waals surface area contributed by atoms with Gasteiger partial charge in [0.2, 0.25) is 0 Å². The molecule has 0 aromatic carbocycles. The molecular formula is C47H74NO9P. The van der Waals surface area contributed by atoms with Crippen LogP contribution in [0, 0.1) is 0 Å². The number of unbranched alkanes of at least 4 members (excludes halogenated alkanes) is 4. The van der Waals surface area contributed by atoms with Gasteiger partial charge in [0.1, 0.15) is 6.61 Å². The van der Waals surface area contributed by atoms with Crippen LogP contribution in [0.5, 0.6) is 0 Å². The second-order valence-corrected chi connectivity index (χ2v) is 14.7. The molecule has 2 unspecified atom stereocenters. The SMILES string of the molecule is CC/C=C\C/C=C\C/C=C\C/C=C\C/C=C\CCCCCC(=O)O[C@H](COC(=O)CCC/C=C\C/C=C\C=C\C(O)C/C=C\C/C=C\CC)COP(=O)(O)OCCN. The van der Waals surface area contributed by atoms with Crippen LogP contribution in [0.15, 0.2) is 122 Å². The van der Waals surface area contributed by atoms with Gasteiger partial charge in [-0.2, -0.15) is 0 Å². The average molecular weight is 828 g/mol. The van der Waals surface area contributed by atoms with Gasteiger partial charge in [0.25, 0.3) is 0 Å². The summed E-state index contributed by atoms with van der Waals surface area (Å²) in [5.41, 5.74) is 5.33. The van der Waals surface area contributed by atoms with Gasteiger partial charge in [-0.25, -0.2) is 4.57 Å². The molecule has 0 amide bonds. The summed E-state index contributed by atoms with van der Waals surface area (Å²) in [6.45, 7) is 3.27. The van der Waals surface area contributed by atoms with Crippen LogP contribution in [0.2, 0.25) is 0 Å². The maximum atomic E-state index is 12.6. The number of phosphoric acid groups is 1. The third-order valence-electron chi connectivity index (χ3n) is 7.92. The number of nitrogens with two attached hydrogens (primary N) is 1. The lowest BCUT2D eigenvalue weighted by Crippen LogP contribution is -2.29. The predicted molar refractivity (Wildman–Crippen MR) is 239 cm³/mol. The molecule has 58 heavy (non-hydrogen) atoms. The summed E-state index contributed by atoms with van der Waals surface area (Å²) >= 11 is 0. The lowest BCUT2D eigenvalue weighted by Gasteiger charge is -2.19. The van der Waals surface area contributed by atoms with Crippen LogP contribution in [-0.4, -0.2) is 60.5 Å². The summed E-state index contributed by atoms with van der Waals surface area (Å²) in [5.74, 6) is -0.990. The molecule has 0 aliphatic heterocycles. The largest absolute Gasteiger partial charge is 0.472 e. The molecule has 11 heteroatoms. The Morgan fingerprint density at radius 1 is 0.603 bits per heavy atom. The molecule has 0 aromatic heterocycles. The zero-order valence-electron chi connectivity index (χ0n) is 35.3. The first-order valence-electron chi connectivity index (χ1n) is 21.1. The molecule has 0 aromatic rings. The van der Waals surface area contributed by atoms with Crippen molar-refractivity contribution in [1.29, 1.82) is 0 Å². The second kappa shape index (κ2) is 41.5. The summed E-state index contributed by atoms with van der Waals surface area (Å²) < 4.78 is 32.6. The number of ether oxygens (including phenoxy) is 2. The van der Waals surface area contributed by atoms with E-state index < -0.39 is 38.6 Å². The van der Waals surface area contributed by atoms with Crippen LogP contribution in [0.3, 0.4) is 0 Å². The first-order valence-corrected chi connectivity index (χ1v) is 22.6. The Hall–Kier alpha value is -3.63. The van der Waals surface area contributed by atoms with E-state index in [-0.39, 0.29) is 32.6 Å². The van der Waals surface area contributed by atoms with Crippen molar-refractivity contribution in [2.24, 2.45) is 5.73 Å². The maximum Gasteiger partial charge on any atom is 0.472 e. The topological polar surface area (TPSA) is 155 Å². The van der Waals surface area contributed by atoms with Crippen molar-refractivity contribution in [2.45, 2.75) is 135 Å². The van der Waals surface area contributed by atoms with Crippen LogP contribution in [0.1, 0.15) is 123 Å². The highest BCUT2D eigenvalue weighted by Crippen LogP contribution is 2.43. The van der Waals surface area contributed by atoms with E-state index in [2.05, 4.69) is 86.8 Å². The lowest BCUT2D eigenvalue weighted by atomic mass is 10.1. The van der Waals surface area contributed by atoms with E-state index in [0.717, 1.165) is 70.6 Å². The van der Waals surface area contributed by atoms with Crippen LogP contribution in [0.25, 0.3) is 0 Å². The number of rotatable bonds is 37. The highest BCUT2D eigenvalue weighted by atomic mass is 31.2. The van der Waals surface area contributed by atoms with E-state index >= 15 is 0 Å². The predicted octanol–water partition coefficient (Wildman–Crippen LogP) is 11.1. The Labute approximate surface area is 350 Å². The molecule has 0 heterocycles. The van der Waals surface area contributed by atoms with Crippen LogP contribution in [-0.2, 0) is 32.7 Å². The molecule has 0 saturated carbocycles. The molecule has 0 bridgehead atoms. The molecule has 10 nitrogen and oxygen atoms in total. The second-order valence-electron chi connectivity index (χ2n) is 13.3. The minimum atomic E-state index is -4.42. The molecule has 0 rings (SSSR count). The number of carbonyl (C=O) groups is 2. The number of esters is 2. The van der Waals surface area contributed by atoms with Gasteiger partial charge in [-0.15, -0.1) is 0 Å². The van der Waals surface area contributed by atoms with E-state index in [4.69, 9.17) is 24.3 Å². The number of phosphoric ester groups is 1. The smallest absolute Gasteiger partial charge is 0.462 e. The number of hydrogen-bond acceptors (Lipinski definition) is 9. The normalized spacial score (nSPS) is 15.1. The Morgan fingerprint density at radius 3 is 1.71 bits per heavy atom. The van der Waals surface area contributed by atoms with Crippen molar-refractivity contribution in [3.8, 4) is 0 Å². The third-order valence-corrected chi connectivity index (χ3v) is 8.91. The van der Waals surface area contributed by atoms with E-state index in [0.29, 0.717) is 25.7 Å². The van der Waals surface area contributed by atoms with Gasteiger partial charge in [0.05, 0.1) is 19.3 Å². The number of hydrogen-bond donors (Lipinski definition) is 3. The zero-order chi connectivity index (χ0) is 42.6. The molecule has 326 valence electrons. The van der Waals surface area contributed by atoms with Gasteiger partial charge in [0.15, 0.2) is 6.10 Å². The summed E-state index contributed by atoms with van der Waals surface area (Å²) in [6.07, 6.45) is 52.6. The van der Waals surface area contributed by atoms with Crippen LogP contribution >= 0.6 is 7.82 Å². The highest BCUT2D eigenvalue weighted by Gasteiger charge is 2.25. The van der Waals surface area contributed by atoms with Crippen LogP contribution < -0.4 is 5.73 Å². The molecule has 0 spiro atoms. The van der Waals surface area contributed by atoms with Crippen molar-refractivity contribution in [2.75, 3.05) is 26.4 Å². The molecule has 4 N–H and O–H groups in total. The Morgan fingerprint density at radius 2 is 1.12 bits per heavy atom. The van der Waals surface area contributed by atoms with E-state index in [1.807, 2.05) is 42.5 Å². The first kappa shape index (κ1) is 54.4. The standard InChI is InChI=1S/C47H74NO9P/c1-3-5-7-9-11-12-13-14-15-16-17-18-19-20-21-22-27-31-35-39-47(51)57-45(43-56-58(52,53)55-41-40-48)42-54-46(50)38-34-30-26-24-23-25-29-33-37-44(49)36-32-28-10-8-6-4-2/h5-8,11-12,14-15,17-18,20-21,24-26,28-29,32-33,37,44-45,49H,3-4,9-10,13,16,19,22-23,27,30-31,34-36,38-43,48H2,1-2H3,(H,52,53)/b7-5-,8-6-,12-11-,15-14-,18-17-,21-20-,26-24-,29-25-,32-28-,37-33+/t44?,45-/m1/s1. The summed E-state index contributed by atoms with van der Waals surface area (Å²) in [7, 11) is -4.42. The Bertz CT molecular complexity index is 1370. The molecule has 0 fully saturated rings. The highest BCUT2D eigenvalue weighted by molar-refractivity contribution is 7.47. The number of aliphatic hydroxyl groups is 1. The van der Waals surface area contributed by atoms with Gasteiger partial charge in [0, 0.05) is 19.4 Å². The molecule has 0 saturated heterocycles. The van der Waals surface area contributed by atoms with E-state index in [9.17, 15) is 24.2 Å². The fourth-order valence-corrected chi connectivity index (χ4v) is 5.60. The summed E-state index contributed by atoms with van der Waals surface area (Å²) in [5, 5.41) is 10.0. The molecule has 0 aliphatic carbocycles. The number of allylic oxidation sites excluding steroid dienone is 18. The summed E-state index contributed by atoms with van der Waals surface area (Å²) in [6, 6.07) is 0. The monoisotopic (exact) mass is 828 g/mol. The van der Waals surface area contributed by atoms with Gasteiger partial charge >= 0.3 is 19.8 Å². The summed E-state index contributed by atoms with van der Waals surface area (Å²) in [4.78, 5) is 34.8. The molecule has 0 radical (unpaired) electrons. The van der Waals surface area contributed by atoms with Crippen molar-refractivity contribution >= 4 is 19.8 Å².